The van der Waals surface area contributed by atoms with Gasteiger partial charge in [0.05, 0.1) is 8.46 Å². The Bertz CT molecular complexity index is 194. The Labute approximate surface area is 135 Å². The zero-order valence-electron chi connectivity index (χ0n) is 14.6. The van der Waals surface area contributed by atoms with Crippen molar-refractivity contribution in [2.24, 2.45) is 0 Å². The summed E-state index contributed by atoms with van der Waals surface area (Å²) in [5.74, 6) is 0. The van der Waals surface area contributed by atoms with Crippen LogP contribution in [-0.4, -0.2) is 6.16 Å². The molecule has 0 aromatic rings. The number of rotatable bonds is 18. The largest absolute Gasteiger partial charge is 0.291 e. The van der Waals surface area contributed by atoms with Gasteiger partial charge in [-0.2, -0.15) is 0 Å². The zero-order chi connectivity index (χ0) is 15.4. The predicted molar refractivity (Wildman–Crippen MR) is 98.0 cm³/mol. The van der Waals surface area contributed by atoms with Gasteiger partial charge in [-0.05, 0) is 6.42 Å². The van der Waals surface area contributed by atoms with Gasteiger partial charge >= 0.3 is 0 Å². The minimum atomic E-state index is -0.0814. The topological polar surface area (TPSA) is 17.1 Å². The summed E-state index contributed by atoms with van der Waals surface area (Å²) in [6.45, 7) is 2.29. The average molecular weight is 316 g/mol. The minimum absolute atomic E-state index is 0.0814. The van der Waals surface area contributed by atoms with Crippen LogP contribution in [0.1, 0.15) is 116 Å². The smallest absolute Gasteiger partial charge is 0.0581 e. The SMILES string of the molecule is CCCCCCCCCCCCCCCCCCC[PH]=O. The molecule has 0 heterocycles. The molecule has 0 saturated carbocycles. The number of unbranched alkanes of at least 4 members (excludes halogenated alkanes) is 16. The van der Waals surface area contributed by atoms with Gasteiger partial charge in [-0.15, -0.1) is 0 Å². The van der Waals surface area contributed by atoms with Gasteiger partial charge in [0, 0.05) is 6.16 Å². The summed E-state index contributed by atoms with van der Waals surface area (Å²) < 4.78 is 10.3. The van der Waals surface area contributed by atoms with Crippen molar-refractivity contribution in [1.29, 1.82) is 0 Å². The highest BCUT2D eigenvalue weighted by atomic mass is 31.1. The van der Waals surface area contributed by atoms with E-state index >= 15 is 0 Å². The van der Waals surface area contributed by atoms with E-state index in [-0.39, 0.29) is 8.46 Å². The molecule has 0 aliphatic carbocycles. The van der Waals surface area contributed by atoms with Gasteiger partial charge in [-0.25, -0.2) is 0 Å². The van der Waals surface area contributed by atoms with E-state index in [0.717, 1.165) is 6.16 Å². The molecule has 2 heteroatoms. The van der Waals surface area contributed by atoms with Crippen LogP contribution < -0.4 is 0 Å². The van der Waals surface area contributed by atoms with Crippen molar-refractivity contribution in [2.75, 3.05) is 6.16 Å². The lowest BCUT2D eigenvalue weighted by molar-refractivity contribution is 0.528. The van der Waals surface area contributed by atoms with Crippen LogP contribution in [0.2, 0.25) is 0 Å². The van der Waals surface area contributed by atoms with Crippen molar-refractivity contribution in [3.8, 4) is 0 Å². The average Bonchev–Trinajstić information content (AvgIpc) is 2.50. The first-order valence-corrected chi connectivity index (χ1v) is 10.9. The Kier molecular flexibility index (Phi) is 20.2. The summed E-state index contributed by atoms with van der Waals surface area (Å²) in [7, 11) is -0.0814. The third-order valence-electron chi connectivity index (χ3n) is 4.38. The van der Waals surface area contributed by atoms with E-state index in [1.54, 1.807) is 0 Å². The standard InChI is InChI=1S/C19H40OP/c1-2-3-4-5-6-7-8-9-10-11-12-13-14-15-16-17-18-19-21-20/h21H,2-19H2,1H3. The summed E-state index contributed by atoms with van der Waals surface area (Å²) in [4.78, 5) is 0. The molecule has 0 spiro atoms. The fourth-order valence-electron chi connectivity index (χ4n) is 2.92. The molecule has 0 N–H and O–H groups in total. The maximum atomic E-state index is 10.3. The molecular formula is C19H40OP. The highest BCUT2D eigenvalue weighted by molar-refractivity contribution is 7.23. The molecule has 1 nitrogen and oxygen atoms in total. The Balaban J connectivity index is 2.91. The summed E-state index contributed by atoms with van der Waals surface area (Å²) in [6, 6.07) is 0. The first kappa shape index (κ1) is 21.1. The maximum absolute atomic E-state index is 10.3. The lowest BCUT2D eigenvalue weighted by Crippen LogP contribution is -1.84. The molecule has 1 atom stereocenters. The second-order valence-corrected chi connectivity index (χ2v) is 7.34. The summed E-state index contributed by atoms with van der Waals surface area (Å²) >= 11 is 0. The van der Waals surface area contributed by atoms with Crippen molar-refractivity contribution in [3.63, 3.8) is 0 Å². The normalized spacial score (nSPS) is 11.3. The van der Waals surface area contributed by atoms with E-state index in [1.165, 1.54) is 109 Å². The lowest BCUT2D eigenvalue weighted by Gasteiger charge is -2.03. The van der Waals surface area contributed by atoms with E-state index in [0.29, 0.717) is 0 Å². The van der Waals surface area contributed by atoms with E-state index in [2.05, 4.69) is 6.92 Å². The predicted octanol–water partition coefficient (Wildman–Crippen LogP) is 7.66. The van der Waals surface area contributed by atoms with Gasteiger partial charge in [-0.3, -0.25) is 4.57 Å². The summed E-state index contributed by atoms with van der Waals surface area (Å²) in [6.07, 6.45) is 24.9. The van der Waals surface area contributed by atoms with Gasteiger partial charge in [0.25, 0.3) is 0 Å². The van der Waals surface area contributed by atoms with Gasteiger partial charge in [0.1, 0.15) is 0 Å². The fraction of sp³-hybridized carbons (Fsp3) is 1.00. The second-order valence-electron chi connectivity index (χ2n) is 6.55. The molecule has 127 valence electrons. The molecular weight excluding hydrogens is 275 g/mol. The van der Waals surface area contributed by atoms with E-state index in [9.17, 15) is 4.57 Å². The van der Waals surface area contributed by atoms with Crippen LogP contribution in [0.3, 0.4) is 0 Å². The zero-order valence-corrected chi connectivity index (χ0v) is 15.6. The van der Waals surface area contributed by atoms with E-state index < -0.39 is 0 Å². The Morgan fingerprint density at radius 3 is 1.05 bits per heavy atom. The molecule has 0 amide bonds. The molecule has 0 saturated heterocycles. The molecule has 0 aromatic heterocycles. The second kappa shape index (κ2) is 20.1. The molecule has 1 radical (unpaired) electrons. The molecule has 0 fully saturated rings. The third-order valence-corrected chi connectivity index (χ3v) is 4.94. The molecule has 0 bridgehead atoms. The summed E-state index contributed by atoms with van der Waals surface area (Å²) in [5.41, 5.74) is 0. The van der Waals surface area contributed by atoms with Crippen molar-refractivity contribution < 1.29 is 4.57 Å². The van der Waals surface area contributed by atoms with E-state index in [4.69, 9.17) is 0 Å². The van der Waals surface area contributed by atoms with Crippen LogP contribution in [0.5, 0.6) is 0 Å². The van der Waals surface area contributed by atoms with Crippen molar-refractivity contribution in [2.45, 2.75) is 116 Å². The summed E-state index contributed by atoms with van der Waals surface area (Å²) in [5, 5.41) is 0. The minimum Gasteiger partial charge on any atom is -0.291 e. The fourth-order valence-corrected chi connectivity index (χ4v) is 3.32. The van der Waals surface area contributed by atoms with Crippen molar-refractivity contribution >= 4 is 8.46 Å². The maximum Gasteiger partial charge on any atom is 0.0581 e. The molecule has 0 rings (SSSR count). The van der Waals surface area contributed by atoms with Gasteiger partial charge in [0.15, 0.2) is 0 Å². The molecule has 0 aromatic carbocycles. The quantitative estimate of drug-likeness (QED) is 0.187. The van der Waals surface area contributed by atoms with Crippen LogP contribution in [0.15, 0.2) is 0 Å². The Morgan fingerprint density at radius 2 is 0.762 bits per heavy atom. The van der Waals surface area contributed by atoms with E-state index in [1.807, 2.05) is 0 Å². The van der Waals surface area contributed by atoms with Crippen LogP contribution in [0.25, 0.3) is 0 Å². The van der Waals surface area contributed by atoms with Crippen LogP contribution >= 0.6 is 8.46 Å². The molecule has 1 unspecified atom stereocenters. The highest BCUT2D eigenvalue weighted by Gasteiger charge is 1.94. The van der Waals surface area contributed by atoms with Crippen molar-refractivity contribution in [1.82, 2.24) is 0 Å². The number of hydrogen-bond acceptors (Lipinski definition) is 1. The van der Waals surface area contributed by atoms with Gasteiger partial charge in [-0.1, -0.05) is 110 Å². The van der Waals surface area contributed by atoms with Gasteiger partial charge in [0.2, 0.25) is 0 Å². The van der Waals surface area contributed by atoms with Crippen LogP contribution in [-0.2, 0) is 4.57 Å². The Hall–Kier alpha value is 0.100. The van der Waals surface area contributed by atoms with Crippen molar-refractivity contribution in [3.05, 3.63) is 0 Å². The third kappa shape index (κ3) is 20.1. The van der Waals surface area contributed by atoms with Crippen LogP contribution in [0.4, 0.5) is 0 Å². The number of hydrogen-bond donors (Lipinski definition) is 0. The Morgan fingerprint density at radius 1 is 0.476 bits per heavy atom. The monoisotopic (exact) mass is 315 g/mol. The first-order valence-electron chi connectivity index (χ1n) is 9.76. The molecule has 21 heavy (non-hydrogen) atoms. The van der Waals surface area contributed by atoms with Gasteiger partial charge < -0.3 is 0 Å². The lowest BCUT2D eigenvalue weighted by atomic mass is 10.0. The first-order chi connectivity index (χ1) is 10.4. The highest BCUT2D eigenvalue weighted by Crippen LogP contribution is 2.14. The molecule has 0 aliphatic heterocycles. The van der Waals surface area contributed by atoms with Crippen LogP contribution in [0, 0.1) is 0 Å². The molecule has 0 aliphatic rings.